The monoisotopic (exact) mass is 371 g/mol. The van der Waals surface area contributed by atoms with Crippen molar-refractivity contribution in [2.45, 2.75) is 24.2 Å². The summed E-state index contributed by atoms with van der Waals surface area (Å²) in [7, 11) is 1.84. The number of alkyl halides is 1. The summed E-state index contributed by atoms with van der Waals surface area (Å²) in [5.41, 5.74) is 3.23. The number of rotatable bonds is 3. The minimum absolute atomic E-state index is 0.0503. The second-order valence-corrected chi connectivity index (χ2v) is 6.10. The van der Waals surface area contributed by atoms with E-state index in [1.807, 2.05) is 39.1 Å². The van der Waals surface area contributed by atoms with E-state index < -0.39 is 0 Å². The fourth-order valence-electron chi connectivity index (χ4n) is 2.25. The van der Waals surface area contributed by atoms with Crippen molar-refractivity contribution in [2.24, 2.45) is 0 Å². The lowest BCUT2D eigenvalue weighted by atomic mass is 10.0. The standard InChI is InChI=1S/C15H18INO2/c1-4-19-11-5-6-12(10(2)9-11)14-8-7-13(16)15(18)17(14)3/h5-6,8-9,13H,4,7H2,1-3H3. The molecule has 1 aromatic carbocycles. The van der Waals surface area contributed by atoms with Crippen LogP contribution in [-0.4, -0.2) is 28.4 Å². The lowest BCUT2D eigenvalue weighted by molar-refractivity contribution is -0.126. The molecule has 19 heavy (non-hydrogen) atoms. The number of halogens is 1. The van der Waals surface area contributed by atoms with Gasteiger partial charge in [0.25, 0.3) is 0 Å². The number of nitrogens with zero attached hydrogens (tertiary/aromatic N) is 1. The molecule has 0 saturated carbocycles. The summed E-state index contributed by atoms with van der Waals surface area (Å²) in [6, 6.07) is 6.01. The van der Waals surface area contributed by atoms with Gasteiger partial charge in [-0.3, -0.25) is 4.79 Å². The molecule has 0 bridgehead atoms. The Morgan fingerprint density at radius 3 is 2.84 bits per heavy atom. The molecular weight excluding hydrogens is 353 g/mol. The number of amides is 1. The molecule has 0 fully saturated rings. The zero-order valence-corrected chi connectivity index (χ0v) is 13.6. The maximum atomic E-state index is 12.0. The van der Waals surface area contributed by atoms with Crippen molar-refractivity contribution >= 4 is 34.2 Å². The van der Waals surface area contributed by atoms with Crippen LogP contribution in [0.3, 0.4) is 0 Å². The van der Waals surface area contributed by atoms with Gasteiger partial charge in [-0.15, -0.1) is 0 Å². The van der Waals surface area contributed by atoms with Crippen molar-refractivity contribution in [1.82, 2.24) is 4.90 Å². The van der Waals surface area contributed by atoms with E-state index in [-0.39, 0.29) is 9.83 Å². The molecule has 3 nitrogen and oxygen atoms in total. The molecule has 1 heterocycles. The maximum Gasteiger partial charge on any atom is 0.240 e. The molecule has 102 valence electrons. The summed E-state index contributed by atoms with van der Waals surface area (Å²) >= 11 is 2.20. The normalized spacial score (nSPS) is 19.4. The van der Waals surface area contributed by atoms with Gasteiger partial charge in [0.1, 0.15) is 5.75 Å². The van der Waals surface area contributed by atoms with E-state index in [2.05, 4.69) is 28.7 Å². The average molecular weight is 371 g/mol. The lowest BCUT2D eigenvalue weighted by Gasteiger charge is -2.28. The largest absolute Gasteiger partial charge is 0.494 e. The van der Waals surface area contributed by atoms with Crippen LogP contribution in [0.2, 0.25) is 0 Å². The number of carbonyl (C=O) groups is 1. The van der Waals surface area contributed by atoms with E-state index in [1.54, 1.807) is 4.90 Å². The number of ether oxygens (including phenoxy) is 1. The first kappa shape index (κ1) is 14.4. The van der Waals surface area contributed by atoms with Crippen molar-refractivity contribution in [2.75, 3.05) is 13.7 Å². The number of hydrogen-bond donors (Lipinski definition) is 0. The second-order valence-electron chi connectivity index (χ2n) is 4.60. The summed E-state index contributed by atoms with van der Waals surface area (Å²) in [5.74, 6) is 1.05. The lowest BCUT2D eigenvalue weighted by Crippen LogP contribution is -2.35. The summed E-state index contributed by atoms with van der Waals surface area (Å²) in [6.07, 6.45) is 2.94. The van der Waals surface area contributed by atoms with Crippen LogP contribution >= 0.6 is 22.6 Å². The van der Waals surface area contributed by atoms with Crippen LogP contribution in [0.4, 0.5) is 0 Å². The molecule has 0 aromatic heterocycles. The quantitative estimate of drug-likeness (QED) is 0.602. The van der Waals surface area contributed by atoms with E-state index in [9.17, 15) is 4.79 Å². The number of aryl methyl sites for hydroxylation is 1. The van der Waals surface area contributed by atoms with E-state index >= 15 is 0 Å². The summed E-state index contributed by atoms with van der Waals surface area (Å²) in [4.78, 5) is 13.8. The third kappa shape index (κ3) is 2.94. The molecule has 0 radical (unpaired) electrons. The zero-order valence-electron chi connectivity index (χ0n) is 11.4. The van der Waals surface area contributed by atoms with Gasteiger partial charge in [0.2, 0.25) is 5.91 Å². The first-order valence-electron chi connectivity index (χ1n) is 6.40. The van der Waals surface area contributed by atoms with Gasteiger partial charge in [-0.05, 0) is 44.0 Å². The summed E-state index contributed by atoms with van der Waals surface area (Å²) in [6.45, 7) is 4.68. The molecule has 0 N–H and O–H groups in total. The zero-order chi connectivity index (χ0) is 14.0. The Labute approximate surface area is 127 Å². The Hall–Kier alpha value is -1.04. The highest BCUT2D eigenvalue weighted by molar-refractivity contribution is 14.1. The van der Waals surface area contributed by atoms with Gasteiger partial charge < -0.3 is 9.64 Å². The molecule has 1 atom stereocenters. The highest BCUT2D eigenvalue weighted by Crippen LogP contribution is 2.30. The average Bonchev–Trinajstić information content (AvgIpc) is 2.38. The van der Waals surface area contributed by atoms with Crippen molar-refractivity contribution in [3.8, 4) is 5.75 Å². The Morgan fingerprint density at radius 2 is 2.21 bits per heavy atom. The third-order valence-electron chi connectivity index (χ3n) is 3.26. The van der Waals surface area contributed by atoms with E-state index in [0.717, 1.165) is 29.0 Å². The fraction of sp³-hybridized carbons (Fsp3) is 0.400. The van der Waals surface area contributed by atoms with Gasteiger partial charge in [0.15, 0.2) is 0 Å². The van der Waals surface area contributed by atoms with Gasteiger partial charge in [0.05, 0.1) is 10.5 Å². The van der Waals surface area contributed by atoms with Crippen LogP contribution in [0.1, 0.15) is 24.5 Å². The molecule has 1 aromatic rings. The van der Waals surface area contributed by atoms with Crippen molar-refractivity contribution < 1.29 is 9.53 Å². The highest BCUT2D eigenvalue weighted by Gasteiger charge is 2.26. The fourth-order valence-corrected chi connectivity index (χ4v) is 2.92. The molecule has 1 unspecified atom stereocenters. The Bertz CT molecular complexity index is 525. The molecule has 1 amide bonds. The molecule has 0 aliphatic carbocycles. The minimum atomic E-state index is 0.0503. The number of carbonyl (C=O) groups excluding carboxylic acids is 1. The molecule has 1 aliphatic rings. The number of hydrogen-bond acceptors (Lipinski definition) is 2. The van der Waals surface area contributed by atoms with Crippen LogP contribution in [-0.2, 0) is 4.79 Å². The van der Waals surface area contributed by atoms with Crippen molar-refractivity contribution in [3.63, 3.8) is 0 Å². The third-order valence-corrected chi connectivity index (χ3v) is 4.30. The van der Waals surface area contributed by atoms with Crippen LogP contribution in [0, 0.1) is 6.92 Å². The SMILES string of the molecule is CCOc1ccc(C2=CCC(I)C(=O)N2C)c(C)c1. The maximum absolute atomic E-state index is 12.0. The van der Waals surface area contributed by atoms with E-state index in [0.29, 0.717) is 6.61 Å². The Kier molecular flexibility index (Phi) is 4.50. The van der Waals surface area contributed by atoms with Crippen LogP contribution in [0.25, 0.3) is 5.70 Å². The van der Waals surface area contributed by atoms with E-state index in [4.69, 9.17) is 4.74 Å². The molecule has 1 aliphatic heterocycles. The minimum Gasteiger partial charge on any atom is -0.494 e. The van der Waals surface area contributed by atoms with E-state index in [1.165, 1.54) is 0 Å². The first-order chi connectivity index (χ1) is 9.04. The number of allylic oxidation sites excluding steroid dienone is 1. The van der Waals surface area contributed by atoms with Gasteiger partial charge in [-0.25, -0.2) is 0 Å². The predicted molar refractivity (Wildman–Crippen MR) is 85.5 cm³/mol. The first-order valence-corrected chi connectivity index (χ1v) is 7.64. The highest BCUT2D eigenvalue weighted by atomic mass is 127. The smallest absolute Gasteiger partial charge is 0.240 e. The number of benzene rings is 1. The van der Waals surface area contributed by atoms with Crippen LogP contribution in [0.5, 0.6) is 5.75 Å². The second kappa shape index (κ2) is 5.94. The molecule has 0 saturated heterocycles. The Balaban J connectivity index is 2.34. The van der Waals surface area contributed by atoms with Crippen molar-refractivity contribution in [3.05, 3.63) is 35.4 Å². The van der Waals surface area contributed by atoms with Gasteiger partial charge in [0, 0.05) is 18.3 Å². The van der Waals surface area contributed by atoms with Gasteiger partial charge in [-0.1, -0.05) is 28.7 Å². The Morgan fingerprint density at radius 1 is 1.47 bits per heavy atom. The summed E-state index contributed by atoms with van der Waals surface area (Å²) < 4.78 is 5.54. The van der Waals surface area contributed by atoms with Gasteiger partial charge in [-0.2, -0.15) is 0 Å². The molecule has 0 spiro atoms. The van der Waals surface area contributed by atoms with Crippen LogP contribution in [0.15, 0.2) is 24.3 Å². The molecule has 2 rings (SSSR count). The van der Waals surface area contributed by atoms with Crippen molar-refractivity contribution in [1.29, 1.82) is 0 Å². The predicted octanol–water partition coefficient (Wildman–Crippen LogP) is 3.40. The van der Waals surface area contributed by atoms with Crippen LogP contribution < -0.4 is 4.74 Å². The van der Waals surface area contributed by atoms with Gasteiger partial charge >= 0.3 is 0 Å². The summed E-state index contributed by atoms with van der Waals surface area (Å²) in [5, 5.41) is 0. The molecular formula is C15H18INO2. The topological polar surface area (TPSA) is 29.5 Å². The molecule has 4 heteroatoms.